The minimum Gasteiger partial charge on any atom is -0.469 e. The lowest BCUT2D eigenvalue weighted by molar-refractivity contribution is -0.139. The van der Waals surface area contributed by atoms with Crippen molar-refractivity contribution in [3.8, 4) is 6.07 Å². The van der Waals surface area contributed by atoms with Crippen molar-refractivity contribution in [1.82, 2.24) is 0 Å². The van der Waals surface area contributed by atoms with Crippen LogP contribution in [0, 0.1) is 11.3 Å². The summed E-state index contributed by atoms with van der Waals surface area (Å²) in [4.78, 5) is 11.1. The molecule has 0 aromatic heterocycles. The van der Waals surface area contributed by atoms with Gasteiger partial charge in [0.15, 0.2) is 0 Å². The van der Waals surface area contributed by atoms with Crippen LogP contribution in [0.5, 0.6) is 0 Å². The van der Waals surface area contributed by atoms with Gasteiger partial charge in [-0.3, -0.25) is 4.79 Å². The largest absolute Gasteiger partial charge is 0.469 e. The summed E-state index contributed by atoms with van der Waals surface area (Å²) in [6, 6.07) is 5.23. The number of alkyl halides is 1. The molecule has 0 saturated heterocycles. The fourth-order valence-corrected chi connectivity index (χ4v) is 1.77. The first kappa shape index (κ1) is 12.8. The van der Waals surface area contributed by atoms with Crippen LogP contribution in [0.4, 0.5) is 0 Å². The van der Waals surface area contributed by atoms with Crippen molar-refractivity contribution in [3.05, 3.63) is 33.8 Å². The molecule has 0 fully saturated rings. The van der Waals surface area contributed by atoms with Crippen molar-refractivity contribution in [3.63, 3.8) is 0 Å². The lowest BCUT2D eigenvalue weighted by Gasteiger charge is -2.06. The van der Waals surface area contributed by atoms with Crippen LogP contribution in [0.1, 0.15) is 16.7 Å². The highest BCUT2D eigenvalue weighted by Gasteiger charge is 2.10. The van der Waals surface area contributed by atoms with Crippen LogP contribution in [0.25, 0.3) is 0 Å². The Morgan fingerprint density at radius 2 is 2.25 bits per heavy atom. The molecule has 1 aromatic rings. The van der Waals surface area contributed by atoms with Gasteiger partial charge in [0, 0.05) is 5.88 Å². The van der Waals surface area contributed by atoms with Crippen LogP contribution in [-0.4, -0.2) is 13.1 Å². The summed E-state index contributed by atoms with van der Waals surface area (Å²) < 4.78 is 4.54. The van der Waals surface area contributed by atoms with E-state index < -0.39 is 0 Å². The highest BCUT2D eigenvalue weighted by atomic mass is 35.5. The second-order valence-electron chi connectivity index (χ2n) is 3.11. The lowest BCUT2D eigenvalue weighted by atomic mass is 10.0. The van der Waals surface area contributed by atoms with Gasteiger partial charge in [0.25, 0.3) is 0 Å². The molecular formula is C11H9Cl2NO2. The van der Waals surface area contributed by atoms with Crippen molar-refractivity contribution >= 4 is 29.2 Å². The number of halogens is 2. The number of rotatable bonds is 3. The molecule has 0 atom stereocenters. The normalized spacial score (nSPS) is 9.62. The van der Waals surface area contributed by atoms with Gasteiger partial charge in [0.05, 0.1) is 24.1 Å². The van der Waals surface area contributed by atoms with Gasteiger partial charge in [0.2, 0.25) is 0 Å². The third-order valence-corrected chi connectivity index (χ3v) is 2.78. The molecule has 0 aliphatic heterocycles. The van der Waals surface area contributed by atoms with E-state index in [1.807, 2.05) is 6.07 Å². The Balaban J connectivity index is 3.13. The lowest BCUT2D eigenvalue weighted by Crippen LogP contribution is -2.05. The summed E-state index contributed by atoms with van der Waals surface area (Å²) in [5.41, 5.74) is 1.63. The molecule has 0 aliphatic rings. The third-order valence-electron chi connectivity index (χ3n) is 2.05. The van der Waals surface area contributed by atoms with E-state index in [1.165, 1.54) is 7.11 Å². The van der Waals surface area contributed by atoms with Crippen LogP contribution in [-0.2, 0) is 21.8 Å². The molecular weight excluding hydrogens is 249 g/mol. The Morgan fingerprint density at radius 1 is 1.56 bits per heavy atom. The first-order valence-electron chi connectivity index (χ1n) is 4.46. The zero-order valence-electron chi connectivity index (χ0n) is 8.59. The fourth-order valence-electron chi connectivity index (χ4n) is 1.27. The van der Waals surface area contributed by atoms with Crippen LogP contribution < -0.4 is 0 Å². The Labute approximate surface area is 104 Å². The third kappa shape index (κ3) is 2.88. The first-order valence-corrected chi connectivity index (χ1v) is 5.37. The fraction of sp³-hybridized carbons (Fsp3) is 0.273. The molecule has 0 N–H and O–H groups in total. The van der Waals surface area contributed by atoms with E-state index in [9.17, 15) is 4.79 Å². The molecule has 0 spiro atoms. The quantitative estimate of drug-likeness (QED) is 0.618. The molecule has 0 radical (unpaired) electrons. The summed E-state index contributed by atoms with van der Waals surface area (Å²) in [6.45, 7) is 0. The number of ether oxygens (including phenoxy) is 1. The Morgan fingerprint density at radius 3 is 2.75 bits per heavy atom. The Bertz CT molecular complexity index is 452. The summed E-state index contributed by atoms with van der Waals surface area (Å²) in [6.07, 6.45) is 0.103. The van der Waals surface area contributed by atoms with E-state index in [0.29, 0.717) is 21.7 Å². The molecule has 1 rings (SSSR count). The van der Waals surface area contributed by atoms with Crippen LogP contribution in [0.15, 0.2) is 12.1 Å². The second-order valence-corrected chi connectivity index (χ2v) is 3.76. The maximum Gasteiger partial charge on any atom is 0.309 e. The van der Waals surface area contributed by atoms with Gasteiger partial charge in [0.1, 0.15) is 6.07 Å². The summed E-state index contributed by atoms with van der Waals surface area (Å²) in [7, 11) is 1.31. The van der Waals surface area contributed by atoms with Crippen LogP contribution in [0.2, 0.25) is 5.02 Å². The predicted molar refractivity (Wildman–Crippen MR) is 61.4 cm³/mol. The number of esters is 1. The number of hydrogen-bond acceptors (Lipinski definition) is 3. The van der Waals surface area contributed by atoms with E-state index in [-0.39, 0.29) is 18.3 Å². The molecule has 5 heteroatoms. The minimum absolute atomic E-state index is 0.103. The number of carbonyl (C=O) groups is 1. The Kier molecular flexibility index (Phi) is 4.60. The zero-order valence-corrected chi connectivity index (χ0v) is 10.1. The minimum atomic E-state index is -0.369. The monoisotopic (exact) mass is 257 g/mol. The van der Waals surface area contributed by atoms with Gasteiger partial charge < -0.3 is 4.74 Å². The number of nitriles is 1. The summed E-state index contributed by atoms with van der Waals surface area (Å²) >= 11 is 11.6. The smallest absolute Gasteiger partial charge is 0.309 e. The van der Waals surface area contributed by atoms with E-state index in [4.69, 9.17) is 28.5 Å². The van der Waals surface area contributed by atoms with Crippen molar-refractivity contribution in [1.29, 1.82) is 5.26 Å². The Hall–Kier alpha value is -1.24. The molecule has 0 aliphatic carbocycles. The van der Waals surface area contributed by atoms with Gasteiger partial charge >= 0.3 is 5.97 Å². The number of carbonyl (C=O) groups excluding carboxylic acids is 1. The van der Waals surface area contributed by atoms with Gasteiger partial charge in [-0.05, 0) is 17.2 Å². The SMILES string of the molecule is COC(=O)Cc1cc(C#N)c(Cl)c(CCl)c1. The van der Waals surface area contributed by atoms with E-state index in [2.05, 4.69) is 4.74 Å². The zero-order chi connectivity index (χ0) is 12.1. The second kappa shape index (κ2) is 5.74. The van der Waals surface area contributed by atoms with Gasteiger partial charge in [-0.2, -0.15) is 5.26 Å². The predicted octanol–water partition coefficient (Wildman–Crippen LogP) is 2.67. The average Bonchev–Trinajstić information content (AvgIpc) is 2.30. The van der Waals surface area contributed by atoms with E-state index >= 15 is 0 Å². The van der Waals surface area contributed by atoms with E-state index in [0.717, 1.165) is 0 Å². The highest BCUT2D eigenvalue weighted by Crippen LogP contribution is 2.24. The summed E-state index contributed by atoms with van der Waals surface area (Å²) in [5, 5.41) is 9.20. The molecule has 16 heavy (non-hydrogen) atoms. The topological polar surface area (TPSA) is 50.1 Å². The van der Waals surface area contributed by atoms with Gasteiger partial charge in [-0.25, -0.2) is 0 Å². The van der Waals surface area contributed by atoms with Crippen LogP contribution >= 0.6 is 23.2 Å². The van der Waals surface area contributed by atoms with Gasteiger partial charge in [-0.15, -0.1) is 11.6 Å². The standard InChI is InChI=1S/C11H9Cl2NO2/c1-16-10(15)4-7-2-8(5-12)11(13)9(3-7)6-14/h2-3H,4-5H2,1H3. The number of methoxy groups -OCH3 is 1. The maximum absolute atomic E-state index is 11.1. The first-order chi connectivity index (χ1) is 7.62. The number of benzene rings is 1. The molecule has 1 aromatic carbocycles. The van der Waals surface area contributed by atoms with Crippen molar-refractivity contribution in [2.75, 3.05) is 7.11 Å². The van der Waals surface area contributed by atoms with Gasteiger partial charge in [-0.1, -0.05) is 17.7 Å². The maximum atomic E-state index is 11.1. The molecule has 0 amide bonds. The van der Waals surface area contributed by atoms with Crippen LogP contribution in [0.3, 0.4) is 0 Å². The molecule has 0 bridgehead atoms. The van der Waals surface area contributed by atoms with Crippen molar-refractivity contribution < 1.29 is 9.53 Å². The molecule has 84 valence electrons. The molecule has 0 heterocycles. The number of hydrogen-bond donors (Lipinski definition) is 0. The van der Waals surface area contributed by atoms with E-state index in [1.54, 1.807) is 12.1 Å². The molecule has 0 saturated carbocycles. The number of nitrogens with zero attached hydrogens (tertiary/aromatic N) is 1. The molecule has 0 unspecified atom stereocenters. The average molecular weight is 258 g/mol. The van der Waals surface area contributed by atoms with Crippen molar-refractivity contribution in [2.24, 2.45) is 0 Å². The highest BCUT2D eigenvalue weighted by molar-refractivity contribution is 6.33. The van der Waals surface area contributed by atoms with Crippen molar-refractivity contribution in [2.45, 2.75) is 12.3 Å². The molecule has 3 nitrogen and oxygen atoms in total. The summed E-state index contributed by atoms with van der Waals surface area (Å²) in [5.74, 6) is -0.172.